The number of aromatic nitrogens is 2. The van der Waals surface area contributed by atoms with Crippen molar-refractivity contribution in [2.75, 3.05) is 0 Å². The van der Waals surface area contributed by atoms with Crippen LogP contribution in [0.15, 0.2) is 164 Å². The standard InChI is InChI=1S/C43H27N3/c44-28-33-24-23-32(31-21-19-30(20-22-31)29-11-3-1-4-12-29)27-41(33)46-38-17-9-7-15-35(38)36-25-26-40-42(43(36)46)37-16-8-10-18-39(37)45(40)34-13-5-2-6-14-34/h1-27H. The van der Waals surface area contributed by atoms with Gasteiger partial charge in [-0.05, 0) is 64.7 Å². The van der Waals surface area contributed by atoms with Crippen molar-refractivity contribution in [3.8, 4) is 39.7 Å². The number of nitrogens with zero attached hydrogens (tertiary/aromatic N) is 3. The molecule has 0 radical (unpaired) electrons. The van der Waals surface area contributed by atoms with Crippen LogP contribution in [0.4, 0.5) is 0 Å². The lowest BCUT2D eigenvalue weighted by Crippen LogP contribution is -1.99. The second kappa shape index (κ2) is 10.4. The third-order valence-electron chi connectivity index (χ3n) is 9.17. The number of nitriles is 1. The number of benzene rings is 7. The molecule has 0 fully saturated rings. The third-order valence-corrected chi connectivity index (χ3v) is 9.17. The lowest BCUT2D eigenvalue weighted by atomic mass is 9.99. The molecule has 7 aromatic carbocycles. The number of fused-ring (bicyclic) bond motifs is 7. The van der Waals surface area contributed by atoms with E-state index < -0.39 is 0 Å². The maximum Gasteiger partial charge on any atom is 0.101 e. The molecule has 3 heteroatoms. The zero-order valence-electron chi connectivity index (χ0n) is 24.9. The van der Waals surface area contributed by atoms with Crippen LogP contribution in [0.5, 0.6) is 0 Å². The Morgan fingerprint density at radius 3 is 1.70 bits per heavy atom. The predicted octanol–water partition coefficient (Wildman–Crippen LogP) is 11.1. The molecular weight excluding hydrogens is 558 g/mol. The molecule has 0 saturated carbocycles. The van der Waals surface area contributed by atoms with Crippen LogP contribution in [0.25, 0.3) is 77.2 Å². The average Bonchev–Trinajstić information content (AvgIpc) is 3.65. The van der Waals surface area contributed by atoms with Crippen LogP contribution in [0.2, 0.25) is 0 Å². The molecule has 46 heavy (non-hydrogen) atoms. The van der Waals surface area contributed by atoms with Crippen molar-refractivity contribution in [1.82, 2.24) is 9.13 Å². The Morgan fingerprint density at radius 2 is 0.978 bits per heavy atom. The van der Waals surface area contributed by atoms with E-state index >= 15 is 0 Å². The van der Waals surface area contributed by atoms with Crippen molar-refractivity contribution in [3.63, 3.8) is 0 Å². The highest BCUT2D eigenvalue weighted by Gasteiger charge is 2.22. The van der Waals surface area contributed by atoms with Crippen molar-refractivity contribution in [3.05, 3.63) is 169 Å². The Bertz CT molecular complexity index is 2620. The fourth-order valence-electron chi connectivity index (χ4n) is 7.09. The van der Waals surface area contributed by atoms with Crippen LogP contribution in [0.1, 0.15) is 5.56 Å². The van der Waals surface area contributed by atoms with Gasteiger partial charge < -0.3 is 9.13 Å². The monoisotopic (exact) mass is 585 g/mol. The first-order chi connectivity index (χ1) is 22.8. The second-order valence-corrected chi connectivity index (χ2v) is 11.7. The second-order valence-electron chi connectivity index (χ2n) is 11.7. The van der Waals surface area contributed by atoms with E-state index in [4.69, 9.17) is 0 Å². The van der Waals surface area contributed by atoms with E-state index in [0.29, 0.717) is 5.56 Å². The Morgan fingerprint density at radius 1 is 0.413 bits per heavy atom. The van der Waals surface area contributed by atoms with Gasteiger partial charge in [-0.25, -0.2) is 0 Å². The van der Waals surface area contributed by atoms with Crippen LogP contribution >= 0.6 is 0 Å². The average molecular weight is 586 g/mol. The van der Waals surface area contributed by atoms with E-state index in [-0.39, 0.29) is 0 Å². The first-order valence-electron chi connectivity index (χ1n) is 15.5. The molecule has 9 rings (SSSR count). The molecule has 2 heterocycles. The molecule has 0 aliphatic carbocycles. The van der Waals surface area contributed by atoms with Gasteiger partial charge in [0.1, 0.15) is 6.07 Å². The Kier molecular flexibility index (Phi) is 5.88. The molecule has 0 spiro atoms. The van der Waals surface area contributed by atoms with Gasteiger partial charge in [0, 0.05) is 27.2 Å². The highest BCUT2D eigenvalue weighted by Crippen LogP contribution is 2.42. The zero-order valence-corrected chi connectivity index (χ0v) is 24.9. The summed E-state index contributed by atoms with van der Waals surface area (Å²) in [4.78, 5) is 0. The van der Waals surface area contributed by atoms with Gasteiger partial charge in [0.05, 0.1) is 33.3 Å². The summed E-state index contributed by atoms with van der Waals surface area (Å²) in [6.45, 7) is 0. The molecule has 0 bridgehead atoms. The highest BCUT2D eigenvalue weighted by molar-refractivity contribution is 6.26. The molecule has 0 aliphatic rings. The van der Waals surface area contributed by atoms with E-state index in [1.54, 1.807) is 0 Å². The van der Waals surface area contributed by atoms with E-state index in [2.05, 4.69) is 167 Å². The van der Waals surface area contributed by atoms with Gasteiger partial charge in [-0.1, -0.05) is 121 Å². The van der Waals surface area contributed by atoms with Crippen molar-refractivity contribution < 1.29 is 0 Å². The SMILES string of the molecule is N#Cc1ccc(-c2ccc(-c3ccccc3)cc2)cc1-n1c2ccccc2c2ccc3c(c4ccccc4n3-c3ccccc3)c21. The van der Waals surface area contributed by atoms with Crippen LogP contribution in [-0.2, 0) is 0 Å². The van der Waals surface area contributed by atoms with Gasteiger partial charge in [-0.2, -0.15) is 5.26 Å². The molecular formula is C43H27N3. The highest BCUT2D eigenvalue weighted by atomic mass is 15.0. The minimum absolute atomic E-state index is 0.635. The molecule has 214 valence electrons. The summed E-state index contributed by atoms with van der Waals surface area (Å²) in [5.41, 5.74) is 11.7. The van der Waals surface area contributed by atoms with E-state index in [0.717, 1.165) is 50.0 Å². The summed E-state index contributed by atoms with van der Waals surface area (Å²) in [6, 6.07) is 60.0. The van der Waals surface area contributed by atoms with Gasteiger partial charge >= 0.3 is 0 Å². The molecule has 0 saturated heterocycles. The summed E-state index contributed by atoms with van der Waals surface area (Å²) in [5.74, 6) is 0. The molecule has 0 amide bonds. The van der Waals surface area contributed by atoms with Gasteiger partial charge in [0.15, 0.2) is 0 Å². The summed E-state index contributed by atoms with van der Waals surface area (Å²) < 4.78 is 4.66. The Hall–Kier alpha value is -6.37. The number of hydrogen-bond donors (Lipinski definition) is 0. The first kappa shape index (κ1) is 26.1. The van der Waals surface area contributed by atoms with Crippen molar-refractivity contribution in [2.45, 2.75) is 0 Å². The Balaban J connectivity index is 1.35. The maximum absolute atomic E-state index is 10.5. The summed E-state index contributed by atoms with van der Waals surface area (Å²) >= 11 is 0. The minimum Gasteiger partial charge on any atom is -0.309 e. The molecule has 0 atom stereocenters. The van der Waals surface area contributed by atoms with Crippen molar-refractivity contribution >= 4 is 43.6 Å². The van der Waals surface area contributed by atoms with Crippen LogP contribution in [0, 0.1) is 11.3 Å². The quantitative estimate of drug-likeness (QED) is 0.202. The molecule has 9 aromatic rings. The molecule has 0 N–H and O–H groups in total. The van der Waals surface area contributed by atoms with Gasteiger partial charge in [-0.3, -0.25) is 0 Å². The molecule has 0 unspecified atom stereocenters. The van der Waals surface area contributed by atoms with Crippen LogP contribution in [0.3, 0.4) is 0 Å². The molecule has 2 aromatic heterocycles. The minimum atomic E-state index is 0.635. The van der Waals surface area contributed by atoms with Gasteiger partial charge in [0.25, 0.3) is 0 Å². The number of rotatable bonds is 4. The fraction of sp³-hybridized carbons (Fsp3) is 0. The first-order valence-corrected chi connectivity index (χ1v) is 15.5. The van der Waals surface area contributed by atoms with Gasteiger partial charge in [0.2, 0.25) is 0 Å². The lowest BCUT2D eigenvalue weighted by Gasteiger charge is -2.14. The lowest BCUT2D eigenvalue weighted by molar-refractivity contribution is 1.17. The van der Waals surface area contributed by atoms with Crippen LogP contribution in [-0.4, -0.2) is 9.13 Å². The predicted molar refractivity (Wildman–Crippen MR) is 191 cm³/mol. The Labute approximate surface area is 266 Å². The summed E-state index contributed by atoms with van der Waals surface area (Å²) in [5, 5.41) is 15.1. The maximum atomic E-state index is 10.5. The topological polar surface area (TPSA) is 33.6 Å². The number of para-hydroxylation sites is 3. The van der Waals surface area contributed by atoms with Crippen LogP contribution < -0.4 is 0 Å². The fourth-order valence-corrected chi connectivity index (χ4v) is 7.09. The van der Waals surface area contributed by atoms with Crippen molar-refractivity contribution in [2.24, 2.45) is 0 Å². The third kappa shape index (κ3) is 3.91. The van der Waals surface area contributed by atoms with E-state index in [1.807, 2.05) is 12.1 Å². The molecule has 3 nitrogen and oxygen atoms in total. The summed E-state index contributed by atoms with van der Waals surface area (Å²) in [6.07, 6.45) is 0. The van der Waals surface area contributed by atoms with E-state index in [1.165, 1.54) is 27.3 Å². The smallest absolute Gasteiger partial charge is 0.101 e. The normalized spacial score (nSPS) is 11.5. The number of hydrogen-bond acceptors (Lipinski definition) is 1. The van der Waals surface area contributed by atoms with E-state index in [9.17, 15) is 5.26 Å². The zero-order chi connectivity index (χ0) is 30.6. The largest absolute Gasteiger partial charge is 0.309 e. The molecule has 0 aliphatic heterocycles. The van der Waals surface area contributed by atoms with Crippen molar-refractivity contribution in [1.29, 1.82) is 5.26 Å². The summed E-state index contributed by atoms with van der Waals surface area (Å²) in [7, 11) is 0. The van der Waals surface area contributed by atoms with Gasteiger partial charge in [-0.15, -0.1) is 0 Å².